The Kier molecular flexibility index (Phi) is 6.02. The van der Waals surface area contributed by atoms with Crippen molar-refractivity contribution in [2.45, 2.75) is 32.4 Å². The maximum absolute atomic E-state index is 13.0. The molecule has 0 aliphatic heterocycles. The summed E-state index contributed by atoms with van der Waals surface area (Å²) in [5.41, 5.74) is -0.701. The summed E-state index contributed by atoms with van der Waals surface area (Å²) in [6, 6.07) is 9.21. The molecule has 3 rings (SSSR count). The normalized spacial score (nSPS) is 27.3. The number of fused-ring (bicyclic) bond motifs is 2. The van der Waals surface area contributed by atoms with Crippen molar-refractivity contribution >= 4 is 18.0 Å². The van der Waals surface area contributed by atoms with Gasteiger partial charge in [-0.15, -0.1) is 0 Å². The minimum absolute atomic E-state index is 0.0551. The molecule has 1 aromatic rings. The van der Waals surface area contributed by atoms with Gasteiger partial charge in [-0.05, 0) is 31.7 Å². The van der Waals surface area contributed by atoms with Crippen molar-refractivity contribution in [2.75, 3.05) is 13.2 Å². The summed E-state index contributed by atoms with van der Waals surface area (Å²) in [4.78, 5) is 38.2. The van der Waals surface area contributed by atoms with Crippen LogP contribution in [0.15, 0.2) is 42.5 Å². The molecule has 0 spiro atoms. The Morgan fingerprint density at radius 2 is 1.75 bits per heavy atom. The first-order valence-electron chi connectivity index (χ1n) is 9.54. The molecule has 7 heteroatoms. The Labute approximate surface area is 164 Å². The Balaban J connectivity index is 1.83. The maximum atomic E-state index is 13.0. The fourth-order valence-electron chi connectivity index (χ4n) is 4.15. The van der Waals surface area contributed by atoms with Gasteiger partial charge in [-0.2, -0.15) is 0 Å². The van der Waals surface area contributed by atoms with Gasteiger partial charge in [0, 0.05) is 5.92 Å². The van der Waals surface area contributed by atoms with Gasteiger partial charge < -0.3 is 19.5 Å². The molecule has 0 radical (unpaired) electrons. The molecule has 28 heavy (non-hydrogen) atoms. The Bertz CT molecular complexity index is 761. The number of rotatable bonds is 7. The van der Waals surface area contributed by atoms with Gasteiger partial charge in [0.25, 0.3) is 0 Å². The summed E-state index contributed by atoms with van der Waals surface area (Å²) < 4.78 is 15.8. The first-order chi connectivity index (χ1) is 13.5. The number of alkyl carbamates (subject to hydrolysis) is 1. The van der Waals surface area contributed by atoms with Crippen molar-refractivity contribution in [3.05, 3.63) is 48.0 Å². The molecule has 7 nitrogen and oxygen atoms in total. The van der Waals surface area contributed by atoms with Gasteiger partial charge in [0.2, 0.25) is 0 Å². The number of hydrogen-bond acceptors (Lipinski definition) is 6. The van der Waals surface area contributed by atoms with E-state index in [4.69, 9.17) is 14.2 Å². The molecule has 0 aromatic heterocycles. The number of amides is 1. The summed E-state index contributed by atoms with van der Waals surface area (Å²) in [6.07, 6.45) is 3.56. The molecule has 2 aliphatic carbocycles. The van der Waals surface area contributed by atoms with E-state index in [0.717, 1.165) is 5.56 Å². The number of benzene rings is 1. The number of carbonyl (C=O) groups is 3. The molecule has 0 heterocycles. The third-order valence-corrected chi connectivity index (χ3v) is 5.30. The van der Waals surface area contributed by atoms with Crippen molar-refractivity contribution < 1.29 is 28.6 Å². The van der Waals surface area contributed by atoms with Gasteiger partial charge in [0.1, 0.15) is 6.61 Å². The second-order valence-corrected chi connectivity index (χ2v) is 6.90. The minimum atomic E-state index is -1.52. The second-order valence-electron chi connectivity index (χ2n) is 6.90. The van der Waals surface area contributed by atoms with Crippen LogP contribution < -0.4 is 5.32 Å². The van der Waals surface area contributed by atoms with E-state index in [-0.39, 0.29) is 31.7 Å². The van der Waals surface area contributed by atoms with E-state index >= 15 is 0 Å². The minimum Gasteiger partial charge on any atom is -0.466 e. The molecular weight excluding hydrogens is 362 g/mol. The van der Waals surface area contributed by atoms with E-state index in [1.165, 1.54) is 0 Å². The lowest BCUT2D eigenvalue weighted by atomic mass is 9.75. The van der Waals surface area contributed by atoms with E-state index in [9.17, 15) is 14.4 Å². The number of carbonyl (C=O) groups excluding carboxylic acids is 3. The highest BCUT2D eigenvalue weighted by Gasteiger charge is 2.66. The number of ether oxygens (including phenoxy) is 3. The molecule has 1 saturated carbocycles. The monoisotopic (exact) mass is 387 g/mol. The molecule has 2 bridgehead atoms. The fraction of sp³-hybridized carbons (Fsp3) is 0.476. The van der Waals surface area contributed by atoms with Gasteiger partial charge in [0.05, 0.1) is 19.1 Å². The molecule has 1 N–H and O–H groups in total. The van der Waals surface area contributed by atoms with Crippen LogP contribution in [-0.4, -0.2) is 36.8 Å². The van der Waals surface area contributed by atoms with Crippen molar-refractivity contribution in [1.82, 2.24) is 5.32 Å². The number of esters is 2. The zero-order valence-electron chi connectivity index (χ0n) is 16.1. The Hall–Kier alpha value is -2.83. The highest BCUT2D eigenvalue weighted by molar-refractivity contribution is 5.94. The standard InChI is InChI=1S/C21H25NO6/c1-3-26-18(23)17-15-10-11-16(12-15)21(17,19(24)27-4-2)22-20(25)28-13-14-8-6-5-7-9-14/h5-11,15-17H,3-4,12-13H2,1-2H3,(H,22,25)/t15-,16+,17-,21-/m1/s1. The van der Waals surface area contributed by atoms with E-state index in [1.807, 2.05) is 42.5 Å². The van der Waals surface area contributed by atoms with Crippen LogP contribution in [0.4, 0.5) is 4.79 Å². The quantitative estimate of drug-likeness (QED) is 0.439. The van der Waals surface area contributed by atoms with E-state index < -0.39 is 29.5 Å². The van der Waals surface area contributed by atoms with E-state index in [0.29, 0.717) is 6.42 Å². The lowest BCUT2D eigenvalue weighted by Gasteiger charge is -2.38. The molecule has 150 valence electrons. The number of hydrogen-bond donors (Lipinski definition) is 1. The SMILES string of the molecule is CCOC(=O)[C@H]1[C@@H]2C=C[C@@H](C2)[C@]1(NC(=O)OCc1ccccc1)C(=O)OCC. The predicted molar refractivity (Wildman–Crippen MR) is 100.0 cm³/mol. The highest BCUT2D eigenvalue weighted by Crippen LogP contribution is 2.51. The smallest absolute Gasteiger partial charge is 0.408 e. The summed E-state index contributed by atoms with van der Waals surface area (Å²) in [5.74, 6) is -2.54. The molecule has 0 unspecified atom stereocenters. The molecule has 2 aliphatic rings. The molecule has 1 fully saturated rings. The summed E-state index contributed by atoms with van der Waals surface area (Å²) in [5, 5.41) is 2.68. The van der Waals surface area contributed by atoms with Crippen molar-refractivity contribution in [3.8, 4) is 0 Å². The van der Waals surface area contributed by atoms with Gasteiger partial charge in [-0.25, -0.2) is 9.59 Å². The zero-order chi connectivity index (χ0) is 20.1. The Morgan fingerprint density at radius 1 is 1.04 bits per heavy atom. The van der Waals surface area contributed by atoms with E-state index in [2.05, 4.69) is 5.32 Å². The fourth-order valence-corrected chi connectivity index (χ4v) is 4.15. The topological polar surface area (TPSA) is 90.9 Å². The van der Waals surface area contributed by atoms with Crippen molar-refractivity contribution in [1.29, 1.82) is 0 Å². The van der Waals surface area contributed by atoms with Crippen LogP contribution in [0.2, 0.25) is 0 Å². The summed E-state index contributed by atoms with van der Waals surface area (Å²) in [6.45, 7) is 3.77. The zero-order valence-corrected chi connectivity index (χ0v) is 16.1. The van der Waals surface area contributed by atoms with Gasteiger partial charge in [0.15, 0.2) is 5.54 Å². The average Bonchev–Trinajstić information content (AvgIpc) is 3.28. The van der Waals surface area contributed by atoms with Crippen molar-refractivity contribution in [2.24, 2.45) is 17.8 Å². The predicted octanol–water partition coefficient (Wildman–Crippen LogP) is 2.60. The summed E-state index contributed by atoms with van der Waals surface area (Å²) >= 11 is 0. The molecule has 1 aromatic carbocycles. The first-order valence-corrected chi connectivity index (χ1v) is 9.54. The molecule has 4 atom stereocenters. The number of allylic oxidation sites excluding steroid dienone is 1. The molecular formula is C21H25NO6. The largest absolute Gasteiger partial charge is 0.466 e. The van der Waals surface area contributed by atoms with Crippen LogP contribution in [0, 0.1) is 17.8 Å². The van der Waals surface area contributed by atoms with Gasteiger partial charge in [-0.1, -0.05) is 42.5 Å². The lowest BCUT2D eigenvalue weighted by Crippen LogP contribution is -2.64. The van der Waals surface area contributed by atoms with Crippen LogP contribution >= 0.6 is 0 Å². The van der Waals surface area contributed by atoms with Crippen molar-refractivity contribution in [3.63, 3.8) is 0 Å². The van der Waals surface area contributed by atoms with Crippen LogP contribution in [0.5, 0.6) is 0 Å². The van der Waals surface area contributed by atoms with Gasteiger partial charge in [-0.3, -0.25) is 4.79 Å². The first kappa shape index (κ1) is 19.9. The Morgan fingerprint density at radius 3 is 2.43 bits per heavy atom. The van der Waals surface area contributed by atoms with Gasteiger partial charge >= 0.3 is 18.0 Å². The maximum Gasteiger partial charge on any atom is 0.408 e. The van der Waals surface area contributed by atoms with Crippen LogP contribution in [-0.2, 0) is 30.4 Å². The lowest BCUT2D eigenvalue weighted by molar-refractivity contribution is -0.164. The van der Waals surface area contributed by atoms with Crippen LogP contribution in [0.25, 0.3) is 0 Å². The van der Waals surface area contributed by atoms with E-state index in [1.54, 1.807) is 13.8 Å². The number of nitrogens with one attached hydrogen (secondary N) is 1. The third kappa shape index (κ3) is 3.61. The highest BCUT2D eigenvalue weighted by atomic mass is 16.6. The van der Waals surface area contributed by atoms with Crippen LogP contribution in [0.1, 0.15) is 25.8 Å². The molecule has 1 amide bonds. The summed E-state index contributed by atoms with van der Waals surface area (Å²) in [7, 11) is 0. The average molecular weight is 387 g/mol. The second kappa shape index (κ2) is 8.46. The third-order valence-electron chi connectivity index (χ3n) is 5.30. The van der Waals surface area contributed by atoms with Crippen LogP contribution in [0.3, 0.4) is 0 Å². The molecule has 0 saturated heterocycles.